The highest BCUT2D eigenvalue weighted by Gasteiger charge is 2.08. The average Bonchev–Trinajstić information content (AvgIpc) is 2.61. The molecule has 0 spiro atoms. The number of rotatable bonds is 3. The zero-order valence-corrected chi connectivity index (χ0v) is 10.6. The quantitative estimate of drug-likeness (QED) is 0.911. The van der Waals surface area contributed by atoms with Gasteiger partial charge in [0, 0.05) is 21.9 Å². The number of benzene rings is 1. The Labute approximate surface area is 104 Å². The van der Waals surface area contributed by atoms with Gasteiger partial charge < -0.3 is 5.73 Å². The first-order chi connectivity index (χ1) is 7.70. The number of aryl methyl sites for hydroxylation is 1. The topological polar surface area (TPSA) is 38.9 Å². The lowest BCUT2D eigenvalue weighted by atomic mass is 10.2. The van der Waals surface area contributed by atoms with E-state index in [0.717, 1.165) is 27.7 Å². The van der Waals surface area contributed by atoms with E-state index >= 15 is 0 Å². The highest BCUT2D eigenvalue weighted by atomic mass is 35.5. The van der Waals surface area contributed by atoms with Gasteiger partial charge in [-0.3, -0.25) is 0 Å². The van der Waals surface area contributed by atoms with E-state index in [1.165, 1.54) is 4.88 Å². The third-order valence-electron chi connectivity index (χ3n) is 2.35. The van der Waals surface area contributed by atoms with Crippen molar-refractivity contribution in [2.24, 2.45) is 5.73 Å². The van der Waals surface area contributed by atoms with Gasteiger partial charge in [-0.15, -0.1) is 11.3 Å². The summed E-state index contributed by atoms with van der Waals surface area (Å²) in [5.74, 6) is 0. The largest absolute Gasteiger partial charge is 0.330 e. The number of halogens is 1. The zero-order chi connectivity index (χ0) is 11.5. The van der Waals surface area contributed by atoms with Crippen LogP contribution in [0, 0.1) is 6.92 Å². The van der Waals surface area contributed by atoms with Gasteiger partial charge in [0.1, 0.15) is 5.01 Å². The van der Waals surface area contributed by atoms with Crippen LogP contribution in [0.5, 0.6) is 0 Å². The predicted octanol–water partition coefficient (Wildman–Crippen LogP) is 3.27. The van der Waals surface area contributed by atoms with Gasteiger partial charge in [0.15, 0.2) is 0 Å². The Bertz CT molecular complexity index is 494. The minimum Gasteiger partial charge on any atom is -0.330 e. The Hall–Kier alpha value is -0.900. The molecule has 0 saturated heterocycles. The van der Waals surface area contributed by atoms with Crippen LogP contribution in [-0.2, 0) is 6.42 Å². The fourth-order valence-corrected chi connectivity index (χ4v) is 2.69. The fraction of sp³-hybridized carbons (Fsp3) is 0.250. The summed E-state index contributed by atoms with van der Waals surface area (Å²) in [5, 5.41) is 1.76. The number of hydrogen-bond donors (Lipinski definition) is 1. The van der Waals surface area contributed by atoms with Crippen molar-refractivity contribution in [3.63, 3.8) is 0 Å². The highest BCUT2D eigenvalue weighted by molar-refractivity contribution is 7.15. The molecule has 1 heterocycles. The van der Waals surface area contributed by atoms with Crippen LogP contribution in [0.2, 0.25) is 5.02 Å². The Balaban J connectivity index is 2.37. The Morgan fingerprint density at radius 1 is 1.44 bits per heavy atom. The number of hydrogen-bond acceptors (Lipinski definition) is 3. The van der Waals surface area contributed by atoms with E-state index in [0.29, 0.717) is 6.54 Å². The minimum absolute atomic E-state index is 0.638. The predicted molar refractivity (Wildman–Crippen MR) is 70.1 cm³/mol. The molecule has 0 amide bonds. The van der Waals surface area contributed by atoms with Gasteiger partial charge in [0.2, 0.25) is 0 Å². The second kappa shape index (κ2) is 4.95. The zero-order valence-electron chi connectivity index (χ0n) is 9.03. The lowest BCUT2D eigenvalue weighted by molar-refractivity contribution is 0.927. The molecule has 0 atom stereocenters. The van der Waals surface area contributed by atoms with Gasteiger partial charge in [-0.25, -0.2) is 4.98 Å². The van der Waals surface area contributed by atoms with Crippen molar-refractivity contribution in [1.82, 2.24) is 4.98 Å². The SMILES string of the molecule is Cc1sc(-c2cccc(Cl)c2)nc1CCN. The van der Waals surface area contributed by atoms with E-state index in [1.807, 2.05) is 24.3 Å². The van der Waals surface area contributed by atoms with E-state index in [9.17, 15) is 0 Å². The van der Waals surface area contributed by atoms with Gasteiger partial charge in [-0.2, -0.15) is 0 Å². The maximum atomic E-state index is 5.96. The molecule has 0 bridgehead atoms. The summed E-state index contributed by atoms with van der Waals surface area (Å²) in [5.41, 5.74) is 7.72. The van der Waals surface area contributed by atoms with Crippen LogP contribution in [-0.4, -0.2) is 11.5 Å². The molecule has 1 aromatic carbocycles. The van der Waals surface area contributed by atoms with Crippen LogP contribution >= 0.6 is 22.9 Å². The molecular formula is C12H13ClN2S. The monoisotopic (exact) mass is 252 g/mol. The molecule has 0 unspecified atom stereocenters. The van der Waals surface area contributed by atoms with E-state index in [4.69, 9.17) is 17.3 Å². The molecule has 0 fully saturated rings. The van der Waals surface area contributed by atoms with E-state index in [1.54, 1.807) is 11.3 Å². The van der Waals surface area contributed by atoms with Crippen molar-refractivity contribution in [3.05, 3.63) is 39.9 Å². The first-order valence-corrected chi connectivity index (χ1v) is 6.32. The van der Waals surface area contributed by atoms with Crippen LogP contribution < -0.4 is 5.73 Å². The Kier molecular flexibility index (Phi) is 3.59. The van der Waals surface area contributed by atoms with Crippen LogP contribution in [0.4, 0.5) is 0 Å². The standard InChI is InChI=1S/C12H13ClN2S/c1-8-11(5-6-14)15-12(16-8)9-3-2-4-10(13)7-9/h2-4,7H,5-6,14H2,1H3. The summed E-state index contributed by atoms with van der Waals surface area (Å²) >= 11 is 7.65. The number of thiazole rings is 1. The van der Waals surface area contributed by atoms with Gasteiger partial charge in [-0.1, -0.05) is 23.7 Å². The molecule has 0 aliphatic heterocycles. The second-order valence-corrected chi connectivity index (χ2v) is 5.21. The highest BCUT2D eigenvalue weighted by Crippen LogP contribution is 2.29. The third-order valence-corrected chi connectivity index (χ3v) is 3.64. The van der Waals surface area contributed by atoms with Gasteiger partial charge >= 0.3 is 0 Å². The fourth-order valence-electron chi connectivity index (χ4n) is 1.54. The summed E-state index contributed by atoms with van der Waals surface area (Å²) in [4.78, 5) is 5.83. The van der Waals surface area contributed by atoms with Crippen molar-refractivity contribution in [2.75, 3.05) is 6.54 Å². The first kappa shape index (κ1) is 11.6. The molecule has 0 radical (unpaired) electrons. The van der Waals surface area contributed by atoms with E-state index < -0.39 is 0 Å². The van der Waals surface area contributed by atoms with Crippen molar-refractivity contribution in [1.29, 1.82) is 0 Å². The molecule has 0 saturated carbocycles. The molecule has 16 heavy (non-hydrogen) atoms. The molecule has 2 aromatic rings. The number of nitrogens with zero attached hydrogens (tertiary/aromatic N) is 1. The molecule has 84 valence electrons. The summed E-state index contributed by atoms with van der Waals surface area (Å²) in [6.07, 6.45) is 0.836. The van der Waals surface area contributed by atoms with E-state index in [-0.39, 0.29) is 0 Å². The molecule has 2 N–H and O–H groups in total. The number of nitrogens with two attached hydrogens (primary N) is 1. The third kappa shape index (κ3) is 2.43. The molecule has 2 nitrogen and oxygen atoms in total. The van der Waals surface area contributed by atoms with Crippen molar-refractivity contribution in [2.45, 2.75) is 13.3 Å². The Morgan fingerprint density at radius 3 is 2.94 bits per heavy atom. The van der Waals surface area contributed by atoms with E-state index in [2.05, 4.69) is 11.9 Å². The molecular weight excluding hydrogens is 240 g/mol. The van der Waals surface area contributed by atoms with Crippen LogP contribution in [0.25, 0.3) is 10.6 Å². The summed E-state index contributed by atoms with van der Waals surface area (Å²) in [6, 6.07) is 7.77. The molecule has 2 rings (SSSR count). The van der Waals surface area contributed by atoms with Gasteiger partial charge in [0.05, 0.1) is 5.69 Å². The molecule has 0 aliphatic carbocycles. The first-order valence-electron chi connectivity index (χ1n) is 5.13. The smallest absolute Gasteiger partial charge is 0.123 e. The summed E-state index contributed by atoms with van der Waals surface area (Å²) in [6.45, 7) is 2.72. The average molecular weight is 253 g/mol. The number of aromatic nitrogens is 1. The van der Waals surface area contributed by atoms with Crippen molar-refractivity contribution < 1.29 is 0 Å². The lowest BCUT2D eigenvalue weighted by Gasteiger charge is -1.96. The minimum atomic E-state index is 0.638. The van der Waals surface area contributed by atoms with Gasteiger partial charge in [0.25, 0.3) is 0 Å². The molecule has 0 aliphatic rings. The summed E-state index contributed by atoms with van der Waals surface area (Å²) < 4.78 is 0. The molecule has 1 aromatic heterocycles. The van der Waals surface area contributed by atoms with Gasteiger partial charge in [-0.05, 0) is 25.6 Å². The summed E-state index contributed by atoms with van der Waals surface area (Å²) in [7, 11) is 0. The lowest BCUT2D eigenvalue weighted by Crippen LogP contribution is -2.03. The normalized spacial score (nSPS) is 10.7. The molecule has 4 heteroatoms. The van der Waals surface area contributed by atoms with Crippen molar-refractivity contribution in [3.8, 4) is 10.6 Å². The maximum Gasteiger partial charge on any atom is 0.123 e. The Morgan fingerprint density at radius 2 is 2.25 bits per heavy atom. The maximum absolute atomic E-state index is 5.96. The van der Waals surface area contributed by atoms with Crippen LogP contribution in [0.3, 0.4) is 0 Å². The second-order valence-electron chi connectivity index (χ2n) is 3.57. The van der Waals surface area contributed by atoms with Crippen LogP contribution in [0.1, 0.15) is 10.6 Å². The van der Waals surface area contributed by atoms with Crippen molar-refractivity contribution >= 4 is 22.9 Å². The van der Waals surface area contributed by atoms with Crippen LogP contribution in [0.15, 0.2) is 24.3 Å².